The third-order valence-corrected chi connectivity index (χ3v) is 3.02. The second-order valence-electron chi connectivity index (χ2n) is 3.94. The van der Waals surface area contributed by atoms with Gasteiger partial charge in [-0.25, -0.2) is 0 Å². The molecule has 0 nitrogen and oxygen atoms in total. The largest absolute Gasteiger partial charge is 0.0840 e. The molecule has 0 heterocycles. The molecule has 17 heavy (non-hydrogen) atoms. The van der Waals surface area contributed by atoms with Gasteiger partial charge in [-0.1, -0.05) is 78.3 Å². The van der Waals surface area contributed by atoms with Crippen LogP contribution in [0.2, 0.25) is 0 Å². The molecule has 0 fully saturated rings. The van der Waals surface area contributed by atoms with Crippen LogP contribution in [0.25, 0.3) is 5.03 Å². The maximum absolute atomic E-state index is 6.23. The van der Waals surface area contributed by atoms with E-state index >= 15 is 0 Å². The number of allylic oxidation sites excluding steroid dienone is 1. The molecule has 0 saturated heterocycles. The van der Waals surface area contributed by atoms with Crippen molar-refractivity contribution in [3.8, 4) is 0 Å². The van der Waals surface area contributed by atoms with E-state index in [-0.39, 0.29) is 0 Å². The van der Waals surface area contributed by atoms with E-state index in [1.807, 2.05) is 36.4 Å². The number of benzene rings is 2. The van der Waals surface area contributed by atoms with Gasteiger partial charge in [0.25, 0.3) is 0 Å². The van der Waals surface area contributed by atoms with Gasteiger partial charge in [0.15, 0.2) is 0 Å². The number of halogens is 1. The standard InChI is InChI=1S/C16H15Cl/c17-16(15-11-5-2-6-12-15)13-7-10-14-8-3-1-4-9-14/h1-6,8-9,11-13H,7,10H2/b16-13-. The third kappa shape index (κ3) is 3.76. The summed E-state index contributed by atoms with van der Waals surface area (Å²) in [6.45, 7) is 0. The molecule has 2 aromatic carbocycles. The summed E-state index contributed by atoms with van der Waals surface area (Å²) in [4.78, 5) is 0. The molecule has 86 valence electrons. The van der Waals surface area contributed by atoms with Crippen LogP contribution in [0.15, 0.2) is 66.7 Å². The van der Waals surface area contributed by atoms with Crippen molar-refractivity contribution >= 4 is 16.6 Å². The molecule has 0 saturated carbocycles. The van der Waals surface area contributed by atoms with E-state index in [2.05, 4.69) is 30.3 Å². The normalized spacial score (nSPS) is 11.5. The molecule has 0 bridgehead atoms. The molecular formula is C16H15Cl. The molecule has 2 rings (SSSR count). The summed E-state index contributed by atoms with van der Waals surface area (Å²) in [5, 5.41) is 0.835. The summed E-state index contributed by atoms with van der Waals surface area (Å²) >= 11 is 6.23. The highest BCUT2D eigenvalue weighted by molar-refractivity contribution is 6.48. The number of hydrogen-bond donors (Lipinski definition) is 0. The predicted octanol–water partition coefficient (Wildman–Crippen LogP) is 4.90. The Morgan fingerprint density at radius 1 is 0.882 bits per heavy atom. The van der Waals surface area contributed by atoms with Crippen molar-refractivity contribution in [2.24, 2.45) is 0 Å². The van der Waals surface area contributed by atoms with Crippen molar-refractivity contribution in [1.82, 2.24) is 0 Å². The van der Waals surface area contributed by atoms with Crippen molar-refractivity contribution in [3.05, 3.63) is 77.9 Å². The zero-order valence-electron chi connectivity index (χ0n) is 9.64. The zero-order chi connectivity index (χ0) is 11.9. The fourth-order valence-corrected chi connectivity index (χ4v) is 1.96. The average molecular weight is 243 g/mol. The molecule has 2 aromatic rings. The minimum Gasteiger partial charge on any atom is -0.0840 e. The minimum absolute atomic E-state index is 0.835. The van der Waals surface area contributed by atoms with Crippen LogP contribution in [0.5, 0.6) is 0 Å². The second-order valence-corrected chi connectivity index (χ2v) is 4.35. The summed E-state index contributed by atoms with van der Waals surface area (Å²) in [5.74, 6) is 0. The van der Waals surface area contributed by atoms with Crippen LogP contribution in [0.3, 0.4) is 0 Å². The monoisotopic (exact) mass is 242 g/mol. The first kappa shape index (κ1) is 11.9. The van der Waals surface area contributed by atoms with Gasteiger partial charge in [-0.05, 0) is 24.0 Å². The smallest absolute Gasteiger partial charge is 0.0438 e. The highest BCUT2D eigenvalue weighted by atomic mass is 35.5. The Morgan fingerprint density at radius 3 is 2.12 bits per heavy atom. The van der Waals surface area contributed by atoms with Crippen molar-refractivity contribution in [1.29, 1.82) is 0 Å². The summed E-state index contributed by atoms with van der Waals surface area (Å²) in [6, 6.07) is 20.5. The Balaban J connectivity index is 1.93. The molecule has 0 aliphatic rings. The maximum atomic E-state index is 6.23. The van der Waals surface area contributed by atoms with Crippen molar-refractivity contribution < 1.29 is 0 Å². The Morgan fingerprint density at radius 2 is 1.47 bits per heavy atom. The van der Waals surface area contributed by atoms with Gasteiger partial charge in [0, 0.05) is 5.03 Å². The van der Waals surface area contributed by atoms with E-state index in [0.29, 0.717) is 0 Å². The maximum Gasteiger partial charge on any atom is 0.0438 e. The van der Waals surface area contributed by atoms with Crippen LogP contribution in [0.1, 0.15) is 17.5 Å². The quantitative estimate of drug-likeness (QED) is 0.716. The van der Waals surface area contributed by atoms with E-state index in [1.165, 1.54) is 5.56 Å². The number of hydrogen-bond acceptors (Lipinski definition) is 0. The van der Waals surface area contributed by atoms with Crippen molar-refractivity contribution in [3.63, 3.8) is 0 Å². The molecular weight excluding hydrogens is 228 g/mol. The summed E-state index contributed by atoms with van der Waals surface area (Å²) in [5.41, 5.74) is 2.43. The molecule has 0 spiro atoms. The van der Waals surface area contributed by atoms with Crippen LogP contribution in [-0.2, 0) is 6.42 Å². The lowest BCUT2D eigenvalue weighted by Gasteiger charge is -2.00. The third-order valence-electron chi connectivity index (χ3n) is 2.65. The van der Waals surface area contributed by atoms with Gasteiger partial charge in [-0.15, -0.1) is 0 Å². The van der Waals surface area contributed by atoms with Gasteiger partial charge in [-0.2, -0.15) is 0 Å². The second kappa shape index (κ2) is 6.27. The van der Waals surface area contributed by atoms with Crippen LogP contribution in [0, 0.1) is 0 Å². The lowest BCUT2D eigenvalue weighted by molar-refractivity contribution is 1.00. The lowest BCUT2D eigenvalue weighted by Crippen LogP contribution is -1.82. The zero-order valence-corrected chi connectivity index (χ0v) is 10.4. The van der Waals surface area contributed by atoms with Crippen molar-refractivity contribution in [2.45, 2.75) is 12.8 Å². The SMILES string of the molecule is Cl/C(=C\CCc1ccccc1)c1ccccc1. The van der Waals surface area contributed by atoms with E-state index < -0.39 is 0 Å². The van der Waals surface area contributed by atoms with E-state index in [4.69, 9.17) is 11.6 Å². The van der Waals surface area contributed by atoms with Gasteiger partial charge < -0.3 is 0 Å². The van der Waals surface area contributed by atoms with Crippen LogP contribution < -0.4 is 0 Å². The van der Waals surface area contributed by atoms with Crippen molar-refractivity contribution in [2.75, 3.05) is 0 Å². The molecule has 0 aliphatic carbocycles. The number of aryl methyl sites for hydroxylation is 1. The van der Waals surface area contributed by atoms with Crippen LogP contribution >= 0.6 is 11.6 Å². The molecule has 0 amide bonds. The van der Waals surface area contributed by atoms with E-state index in [1.54, 1.807) is 0 Å². The van der Waals surface area contributed by atoms with Gasteiger partial charge in [0.05, 0.1) is 0 Å². The first-order valence-corrected chi connectivity index (χ1v) is 6.19. The first-order chi connectivity index (χ1) is 8.36. The highest BCUT2D eigenvalue weighted by Gasteiger charge is 1.96. The molecule has 0 N–H and O–H groups in total. The summed E-state index contributed by atoms with van der Waals surface area (Å²) < 4.78 is 0. The van der Waals surface area contributed by atoms with E-state index in [0.717, 1.165) is 23.4 Å². The summed E-state index contributed by atoms with van der Waals surface area (Å²) in [6.07, 6.45) is 4.09. The molecule has 1 heteroatoms. The van der Waals surface area contributed by atoms with Gasteiger partial charge in [0.1, 0.15) is 0 Å². The molecule has 0 radical (unpaired) electrons. The van der Waals surface area contributed by atoms with Gasteiger partial charge in [0.2, 0.25) is 0 Å². The molecule has 0 aromatic heterocycles. The Labute approximate surface area is 108 Å². The van der Waals surface area contributed by atoms with Crippen LogP contribution in [0.4, 0.5) is 0 Å². The van der Waals surface area contributed by atoms with Gasteiger partial charge >= 0.3 is 0 Å². The fourth-order valence-electron chi connectivity index (χ4n) is 1.73. The van der Waals surface area contributed by atoms with Gasteiger partial charge in [-0.3, -0.25) is 0 Å². The minimum atomic E-state index is 0.835. The summed E-state index contributed by atoms with van der Waals surface area (Å²) in [7, 11) is 0. The Kier molecular flexibility index (Phi) is 4.40. The topological polar surface area (TPSA) is 0 Å². The number of rotatable bonds is 4. The Hall–Kier alpha value is -1.53. The fraction of sp³-hybridized carbons (Fsp3) is 0.125. The molecule has 0 unspecified atom stereocenters. The first-order valence-electron chi connectivity index (χ1n) is 5.81. The molecule has 0 aliphatic heterocycles. The molecule has 0 atom stereocenters. The van der Waals surface area contributed by atoms with E-state index in [9.17, 15) is 0 Å². The van der Waals surface area contributed by atoms with Crippen LogP contribution in [-0.4, -0.2) is 0 Å². The lowest BCUT2D eigenvalue weighted by atomic mass is 10.1. The Bertz CT molecular complexity index is 471. The average Bonchev–Trinajstić information content (AvgIpc) is 2.41. The predicted molar refractivity (Wildman–Crippen MR) is 75.0 cm³/mol. The highest BCUT2D eigenvalue weighted by Crippen LogP contribution is 2.19.